The second-order valence-electron chi connectivity index (χ2n) is 32.9. The average molecular weight is 1500 g/mol. The molecule has 558 valence electrons. The van der Waals surface area contributed by atoms with Crippen LogP contribution in [0.1, 0.15) is 195 Å². The molecule has 8 saturated heterocycles. The highest BCUT2D eigenvalue weighted by molar-refractivity contribution is 8.06. The Labute approximate surface area is 637 Å². The first-order chi connectivity index (χ1) is 52.2. The molecular formula is C94H118O8P4+4. The Balaban J connectivity index is 0.928. The van der Waals surface area contributed by atoms with E-state index < -0.39 is 29.0 Å². The molecule has 0 aromatic heterocycles. The molecule has 8 aliphatic rings. The molecule has 8 aromatic rings. The predicted octanol–water partition coefficient (Wildman–Crippen LogP) is 18.0. The van der Waals surface area contributed by atoms with Crippen molar-refractivity contribution < 1.29 is 37.9 Å². The van der Waals surface area contributed by atoms with Crippen LogP contribution in [0.4, 0.5) is 0 Å². The Kier molecular flexibility index (Phi) is 25.0. The number of hydrogen-bond acceptors (Lipinski definition) is 8. The van der Waals surface area contributed by atoms with Gasteiger partial charge in [0.05, 0.1) is 13.3 Å². The Bertz CT molecular complexity index is 3520. The molecule has 106 heavy (non-hydrogen) atoms. The summed E-state index contributed by atoms with van der Waals surface area (Å²) in [6.45, 7) is 18.8. The summed E-state index contributed by atoms with van der Waals surface area (Å²) in [5, 5.41) is 12.3. The average Bonchev–Trinajstić information content (AvgIpc) is 0.732. The van der Waals surface area contributed by atoms with E-state index in [0.29, 0.717) is 47.3 Å². The van der Waals surface area contributed by atoms with Gasteiger partial charge in [0.2, 0.25) is 0 Å². The van der Waals surface area contributed by atoms with Gasteiger partial charge in [0.15, 0.2) is 11.8 Å². The van der Waals surface area contributed by atoms with E-state index in [1.807, 2.05) is 0 Å². The first-order valence-electron chi connectivity index (χ1n) is 41.1. The SMILES string of the molecule is C[P+](C[P+](CC[P+](C[P+](C)(c1ccc(C2CCOCC2)cc1)c1ccc(C2CCOCC2)cc1)(c1ccc(C2CCOCC2)cc1)c1ccc(C2CCOCC2)cc1)(c1ccc(C2CCOCC2)cc1)c1ccc(C2CCOCC2)cc1)(c1ccc(C2CCOCC2)cc1)c1ccc(C2CCOCC2)cc1. The van der Waals surface area contributed by atoms with Crippen LogP contribution in [0, 0.1) is 0 Å². The van der Waals surface area contributed by atoms with Gasteiger partial charge in [0.25, 0.3) is 0 Å². The van der Waals surface area contributed by atoms with Crippen molar-refractivity contribution in [3.05, 3.63) is 239 Å². The minimum absolute atomic E-state index is 0.487. The van der Waals surface area contributed by atoms with Crippen LogP contribution in [0.5, 0.6) is 0 Å². The Hall–Kier alpha value is -4.84. The third-order valence-corrected chi connectivity index (χ3v) is 48.5. The quantitative estimate of drug-likeness (QED) is 0.0587. The van der Waals surface area contributed by atoms with E-state index in [1.54, 1.807) is 21.2 Å². The fourth-order valence-electron chi connectivity index (χ4n) is 19.9. The number of benzene rings is 8. The second kappa shape index (κ2) is 35.2. The summed E-state index contributed by atoms with van der Waals surface area (Å²) in [7, 11) is -9.72. The van der Waals surface area contributed by atoms with Gasteiger partial charge in [-0.2, -0.15) is 0 Å². The molecule has 8 aromatic carbocycles. The van der Waals surface area contributed by atoms with Crippen molar-refractivity contribution in [3.8, 4) is 0 Å². The fraction of sp³-hybridized carbons (Fsp3) is 0.489. The summed E-state index contributed by atoms with van der Waals surface area (Å²) >= 11 is 0. The van der Waals surface area contributed by atoms with Gasteiger partial charge in [-0.05, 0) is 292 Å². The smallest absolute Gasteiger partial charge is 0.178 e. The maximum Gasteiger partial charge on any atom is 0.178 e. The van der Waals surface area contributed by atoms with Crippen LogP contribution in [-0.2, 0) is 37.9 Å². The molecule has 0 saturated carbocycles. The van der Waals surface area contributed by atoms with Crippen molar-refractivity contribution >= 4 is 71.5 Å². The van der Waals surface area contributed by atoms with Crippen LogP contribution >= 0.6 is 29.0 Å². The third kappa shape index (κ3) is 16.8. The summed E-state index contributed by atoms with van der Waals surface area (Å²) in [5.74, 6) is 6.16. The minimum Gasteiger partial charge on any atom is -0.381 e. The van der Waals surface area contributed by atoms with Crippen LogP contribution in [0.2, 0.25) is 0 Å². The largest absolute Gasteiger partial charge is 0.381 e. The lowest BCUT2D eigenvalue weighted by molar-refractivity contribution is 0.0852. The normalized spacial score (nSPS) is 20.6. The molecule has 0 bridgehead atoms. The molecule has 0 spiro atoms. The predicted molar refractivity (Wildman–Crippen MR) is 450 cm³/mol. The van der Waals surface area contributed by atoms with E-state index in [0.717, 1.165) is 233 Å². The Morgan fingerprint density at radius 3 is 0.443 bits per heavy atom. The summed E-state index contributed by atoms with van der Waals surface area (Å²) in [4.78, 5) is 0. The van der Waals surface area contributed by atoms with Gasteiger partial charge in [-0.1, -0.05) is 97.1 Å². The third-order valence-electron chi connectivity index (χ3n) is 26.9. The zero-order valence-corrected chi connectivity index (χ0v) is 67.2. The molecule has 0 N–H and O–H groups in total. The summed E-state index contributed by atoms with van der Waals surface area (Å²) in [6, 6.07) is 83.7. The van der Waals surface area contributed by atoms with Gasteiger partial charge in [-0.15, -0.1) is 0 Å². The van der Waals surface area contributed by atoms with Crippen molar-refractivity contribution in [2.45, 2.75) is 150 Å². The standard InChI is InChI=1S/C94H118O8P4/c1-103(87-19-3-71(4-20-87)79-35-51-95-52-36-79,88-21-5-72(6-22-88)80-37-53-96-54-38-80)69-105(91-27-11-75(12-28-91)83-43-59-99-60-44-83,92-29-13-76(14-30-92)84-45-61-100-62-46-84)67-68-106(93-31-15-77(16-32-93)85-47-63-101-64-48-85,94-33-17-78(18-34-94)86-49-65-102-66-50-86)70-104(2,89-23-7-73(8-24-89)81-39-55-97-56-40-81)90-25-9-74(10-26-90)82-41-57-98-58-42-82/h3-34,79-86H,35-70H2,1-2H3/q+4. The van der Waals surface area contributed by atoms with E-state index >= 15 is 0 Å². The zero-order chi connectivity index (χ0) is 71.6. The summed E-state index contributed by atoms with van der Waals surface area (Å²) in [5.41, 5.74) is 11.7. The van der Waals surface area contributed by atoms with Crippen LogP contribution in [-0.4, -0.2) is 143 Å². The van der Waals surface area contributed by atoms with Gasteiger partial charge in [-0.25, -0.2) is 0 Å². The maximum absolute atomic E-state index is 6.07. The van der Waals surface area contributed by atoms with E-state index in [-0.39, 0.29) is 0 Å². The molecule has 0 amide bonds. The number of rotatable bonds is 23. The van der Waals surface area contributed by atoms with E-state index in [2.05, 4.69) is 207 Å². The molecule has 16 rings (SSSR count). The highest BCUT2D eigenvalue weighted by Gasteiger charge is 2.61. The zero-order valence-electron chi connectivity index (χ0n) is 63.6. The van der Waals surface area contributed by atoms with Gasteiger partial charge in [-0.3, -0.25) is 0 Å². The van der Waals surface area contributed by atoms with Crippen molar-refractivity contribution in [1.29, 1.82) is 0 Å². The fourth-order valence-corrected chi connectivity index (χ4v) is 45.0. The van der Waals surface area contributed by atoms with E-state index in [4.69, 9.17) is 37.9 Å². The lowest BCUT2D eigenvalue weighted by atomic mass is 9.92. The Morgan fingerprint density at radius 2 is 0.311 bits per heavy atom. The molecule has 8 nitrogen and oxygen atoms in total. The molecule has 8 fully saturated rings. The topological polar surface area (TPSA) is 73.8 Å². The monoisotopic (exact) mass is 1500 g/mol. The Morgan fingerprint density at radius 1 is 0.189 bits per heavy atom. The first kappa shape index (κ1) is 75.2. The second-order valence-corrected chi connectivity index (χ2v) is 48.8. The first-order valence-corrected chi connectivity index (χ1v) is 50.3. The molecular weight excluding hydrogens is 1380 g/mol. The summed E-state index contributed by atoms with van der Waals surface area (Å²) in [6.07, 6.45) is 19.3. The molecule has 0 aliphatic carbocycles. The van der Waals surface area contributed by atoms with Crippen molar-refractivity contribution in [1.82, 2.24) is 0 Å². The lowest BCUT2D eigenvalue weighted by Gasteiger charge is -2.37. The molecule has 8 aliphatic heterocycles. The highest BCUT2D eigenvalue weighted by Crippen LogP contribution is 2.76. The van der Waals surface area contributed by atoms with Crippen molar-refractivity contribution in [2.75, 3.05) is 143 Å². The van der Waals surface area contributed by atoms with E-state index in [1.165, 1.54) is 65.7 Å². The molecule has 0 unspecified atom stereocenters. The molecule has 0 radical (unpaired) electrons. The van der Waals surface area contributed by atoms with Crippen molar-refractivity contribution in [3.63, 3.8) is 0 Å². The number of ether oxygens (including phenoxy) is 8. The highest BCUT2D eigenvalue weighted by atomic mass is 31.2. The molecule has 8 heterocycles. The molecule has 12 heteroatoms. The van der Waals surface area contributed by atoms with Crippen molar-refractivity contribution in [2.24, 2.45) is 0 Å². The van der Waals surface area contributed by atoms with Crippen LogP contribution in [0.25, 0.3) is 0 Å². The van der Waals surface area contributed by atoms with Crippen LogP contribution < -0.4 is 42.4 Å². The lowest BCUT2D eigenvalue weighted by Crippen LogP contribution is -2.38. The van der Waals surface area contributed by atoms with Gasteiger partial charge >= 0.3 is 0 Å². The van der Waals surface area contributed by atoms with Gasteiger partial charge < -0.3 is 37.9 Å². The number of hydrogen-bond donors (Lipinski definition) is 0. The van der Waals surface area contributed by atoms with Crippen LogP contribution in [0.15, 0.2) is 194 Å². The minimum atomic E-state index is -2.55. The summed E-state index contributed by atoms with van der Waals surface area (Å²) < 4.78 is 48.3. The van der Waals surface area contributed by atoms with Gasteiger partial charge in [0.1, 0.15) is 83.8 Å². The van der Waals surface area contributed by atoms with E-state index in [9.17, 15) is 0 Å². The molecule has 0 atom stereocenters. The maximum atomic E-state index is 6.07. The van der Waals surface area contributed by atoms with Crippen LogP contribution in [0.3, 0.4) is 0 Å². The van der Waals surface area contributed by atoms with Gasteiger partial charge in [0, 0.05) is 106 Å².